The second-order valence-electron chi connectivity index (χ2n) is 5.22. The maximum Gasteiger partial charge on any atom is 0.269 e. The molecule has 0 radical (unpaired) electrons. The van der Waals surface area contributed by atoms with Crippen molar-refractivity contribution in [1.82, 2.24) is 0 Å². The van der Waals surface area contributed by atoms with Gasteiger partial charge in [0.1, 0.15) is 0 Å². The third-order valence-corrected chi connectivity index (χ3v) is 4.52. The van der Waals surface area contributed by atoms with Crippen LogP contribution in [0.5, 0.6) is 0 Å². The highest BCUT2D eigenvalue weighted by Gasteiger charge is 2.13. The van der Waals surface area contributed by atoms with Gasteiger partial charge in [-0.1, -0.05) is 24.3 Å². The number of hydrogen-bond donors (Lipinski definition) is 1. The molecule has 2 rings (SSSR count). The zero-order valence-electron chi connectivity index (χ0n) is 13.0. The standard InChI is InChI=1S/C17H18N2O3S/c1-12-5-3-7-15(9-12)18-17(20)11-23-13(2)14-6-4-8-16(10-14)19(21)22/h3-10,13H,11H2,1-2H3,(H,18,20)/t13-/m1/s1. The molecule has 5 nitrogen and oxygen atoms in total. The molecule has 6 heteroatoms. The Labute approximate surface area is 139 Å². The van der Waals surface area contributed by atoms with Crippen LogP contribution < -0.4 is 5.32 Å². The quantitative estimate of drug-likeness (QED) is 0.632. The summed E-state index contributed by atoms with van der Waals surface area (Å²) in [7, 11) is 0. The van der Waals surface area contributed by atoms with E-state index in [2.05, 4.69) is 5.32 Å². The molecule has 0 aliphatic carbocycles. The van der Waals surface area contributed by atoms with Crippen molar-refractivity contribution < 1.29 is 9.72 Å². The largest absolute Gasteiger partial charge is 0.325 e. The lowest BCUT2D eigenvalue weighted by Crippen LogP contribution is -2.14. The molecule has 0 fully saturated rings. The maximum absolute atomic E-state index is 12.0. The molecule has 2 aromatic carbocycles. The van der Waals surface area contributed by atoms with Gasteiger partial charge in [-0.25, -0.2) is 0 Å². The van der Waals surface area contributed by atoms with Gasteiger partial charge < -0.3 is 5.32 Å². The Hall–Kier alpha value is -2.34. The number of nitro benzene ring substituents is 1. The van der Waals surface area contributed by atoms with Gasteiger partial charge in [-0.05, 0) is 37.1 Å². The Kier molecular flexibility index (Phi) is 5.76. The van der Waals surface area contributed by atoms with Crippen LogP contribution in [0.25, 0.3) is 0 Å². The summed E-state index contributed by atoms with van der Waals surface area (Å²) in [4.78, 5) is 22.4. The van der Waals surface area contributed by atoms with E-state index in [4.69, 9.17) is 0 Å². The molecule has 0 saturated heterocycles. The van der Waals surface area contributed by atoms with Gasteiger partial charge >= 0.3 is 0 Å². The van der Waals surface area contributed by atoms with Crippen molar-refractivity contribution in [3.05, 3.63) is 69.8 Å². The molecular formula is C17H18N2O3S. The van der Waals surface area contributed by atoms with E-state index in [-0.39, 0.29) is 22.6 Å². The Morgan fingerprint density at radius 2 is 2.00 bits per heavy atom. The first kappa shape index (κ1) is 17.0. The van der Waals surface area contributed by atoms with Crippen LogP contribution in [0.15, 0.2) is 48.5 Å². The summed E-state index contributed by atoms with van der Waals surface area (Å²) in [6.07, 6.45) is 0. The molecule has 1 amide bonds. The number of carbonyl (C=O) groups excluding carboxylic acids is 1. The number of rotatable bonds is 6. The molecule has 0 aliphatic rings. The van der Waals surface area contributed by atoms with E-state index in [1.54, 1.807) is 12.1 Å². The lowest BCUT2D eigenvalue weighted by Gasteiger charge is -2.12. The number of amides is 1. The predicted octanol–water partition coefficient (Wildman–Crippen LogP) is 4.34. The predicted molar refractivity (Wildman–Crippen MR) is 93.8 cm³/mol. The van der Waals surface area contributed by atoms with Gasteiger partial charge in [0.2, 0.25) is 5.91 Å². The van der Waals surface area contributed by atoms with Crippen LogP contribution in [0.3, 0.4) is 0 Å². The highest BCUT2D eigenvalue weighted by Crippen LogP contribution is 2.30. The van der Waals surface area contributed by atoms with Gasteiger partial charge in [0.05, 0.1) is 10.7 Å². The van der Waals surface area contributed by atoms with E-state index in [0.29, 0.717) is 0 Å². The first-order chi connectivity index (χ1) is 11.0. The van der Waals surface area contributed by atoms with Crippen molar-refractivity contribution in [2.24, 2.45) is 0 Å². The first-order valence-electron chi connectivity index (χ1n) is 7.18. The normalized spacial score (nSPS) is 11.7. The lowest BCUT2D eigenvalue weighted by atomic mass is 10.1. The number of nitrogens with one attached hydrogen (secondary N) is 1. The Morgan fingerprint density at radius 3 is 2.70 bits per heavy atom. The number of aryl methyl sites for hydroxylation is 1. The fourth-order valence-electron chi connectivity index (χ4n) is 2.11. The van der Waals surface area contributed by atoms with Gasteiger partial charge in [-0.2, -0.15) is 0 Å². The first-order valence-corrected chi connectivity index (χ1v) is 8.23. The summed E-state index contributed by atoms with van der Waals surface area (Å²) in [5.41, 5.74) is 2.77. The van der Waals surface area contributed by atoms with Gasteiger partial charge in [0.15, 0.2) is 0 Å². The second-order valence-corrected chi connectivity index (χ2v) is 6.55. The number of benzene rings is 2. The van der Waals surface area contributed by atoms with Crippen molar-refractivity contribution in [2.45, 2.75) is 19.1 Å². The topological polar surface area (TPSA) is 72.2 Å². The third-order valence-electron chi connectivity index (χ3n) is 3.32. The maximum atomic E-state index is 12.0. The fraction of sp³-hybridized carbons (Fsp3) is 0.235. The average molecular weight is 330 g/mol. The van der Waals surface area contributed by atoms with Crippen LogP contribution in [0.1, 0.15) is 23.3 Å². The van der Waals surface area contributed by atoms with Gasteiger partial charge in [-0.3, -0.25) is 14.9 Å². The summed E-state index contributed by atoms with van der Waals surface area (Å²) in [5.74, 6) is 0.204. The Morgan fingerprint density at radius 1 is 1.26 bits per heavy atom. The molecule has 1 atom stereocenters. The molecule has 120 valence electrons. The molecule has 0 aromatic heterocycles. The number of anilines is 1. The van der Waals surface area contributed by atoms with E-state index in [0.717, 1.165) is 16.8 Å². The molecule has 2 aromatic rings. The number of non-ortho nitro benzene ring substituents is 1. The lowest BCUT2D eigenvalue weighted by molar-refractivity contribution is -0.384. The van der Waals surface area contributed by atoms with Crippen LogP contribution in [-0.2, 0) is 4.79 Å². The monoisotopic (exact) mass is 330 g/mol. The number of nitrogens with zero attached hydrogens (tertiary/aromatic N) is 1. The summed E-state index contributed by atoms with van der Waals surface area (Å²) < 4.78 is 0. The van der Waals surface area contributed by atoms with Crippen molar-refractivity contribution >= 4 is 29.0 Å². The van der Waals surface area contributed by atoms with Crippen molar-refractivity contribution in [1.29, 1.82) is 0 Å². The van der Waals surface area contributed by atoms with E-state index in [9.17, 15) is 14.9 Å². The van der Waals surface area contributed by atoms with Gasteiger partial charge in [0, 0.05) is 23.1 Å². The van der Waals surface area contributed by atoms with Crippen LogP contribution in [0.2, 0.25) is 0 Å². The van der Waals surface area contributed by atoms with E-state index < -0.39 is 4.92 Å². The molecule has 1 N–H and O–H groups in total. The highest BCUT2D eigenvalue weighted by atomic mass is 32.2. The third kappa shape index (κ3) is 5.10. The van der Waals surface area contributed by atoms with Gasteiger partial charge in [0.25, 0.3) is 5.69 Å². The second kappa shape index (κ2) is 7.78. The highest BCUT2D eigenvalue weighted by molar-refractivity contribution is 8.00. The molecule has 0 aliphatic heterocycles. The fourth-order valence-corrected chi connectivity index (χ4v) is 2.92. The van der Waals surface area contributed by atoms with E-state index >= 15 is 0 Å². The van der Waals surface area contributed by atoms with E-state index in [1.165, 1.54) is 17.8 Å². The molecular weight excluding hydrogens is 312 g/mol. The zero-order chi connectivity index (χ0) is 16.8. The summed E-state index contributed by atoms with van der Waals surface area (Å²) in [6.45, 7) is 3.90. The van der Waals surface area contributed by atoms with Gasteiger partial charge in [-0.15, -0.1) is 11.8 Å². The SMILES string of the molecule is Cc1cccc(NC(=O)CS[C@H](C)c2cccc([N+](=O)[O-])c2)c1. The molecule has 0 spiro atoms. The van der Waals surface area contributed by atoms with Crippen LogP contribution >= 0.6 is 11.8 Å². The molecule has 0 heterocycles. The Bertz CT molecular complexity index is 718. The number of thioether (sulfide) groups is 1. The smallest absolute Gasteiger partial charge is 0.269 e. The van der Waals surface area contributed by atoms with E-state index in [1.807, 2.05) is 44.2 Å². The van der Waals surface area contributed by atoms with Crippen LogP contribution in [-0.4, -0.2) is 16.6 Å². The van der Waals surface area contributed by atoms with Crippen molar-refractivity contribution in [2.75, 3.05) is 11.1 Å². The van der Waals surface area contributed by atoms with Crippen molar-refractivity contribution in [3.63, 3.8) is 0 Å². The molecule has 23 heavy (non-hydrogen) atoms. The molecule has 0 bridgehead atoms. The summed E-state index contributed by atoms with van der Waals surface area (Å²) in [5, 5.41) is 13.7. The minimum Gasteiger partial charge on any atom is -0.325 e. The van der Waals surface area contributed by atoms with Crippen molar-refractivity contribution in [3.8, 4) is 0 Å². The Balaban J connectivity index is 1.91. The minimum absolute atomic E-state index is 0.00170. The average Bonchev–Trinajstić information content (AvgIpc) is 2.52. The number of nitro groups is 1. The summed E-state index contributed by atoms with van der Waals surface area (Å²) in [6, 6.07) is 14.1. The van der Waals surface area contributed by atoms with Crippen LogP contribution in [0, 0.1) is 17.0 Å². The molecule has 0 unspecified atom stereocenters. The number of hydrogen-bond acceptors (Lipinski definition) is 4. The molecule has 0 saturated carbocycles. The number of carbonyl (C=O) groups is 1. The minimum atomic E-state index is -0.411. The van der Waals surface area contributed by atoms with Crippen LogP contribution in [0.4, 0.5) is 11.4 Å². The zero-order valence-corrected chi connectivity index (χ0v) is 13.8. The summed E-state index contributed by atoms with van der Waals surface area (Å²) >= 11 is 1.45.